The summed E-state index contributed by atoms with van der Waals surface area (Å²) in [6.07, 6.45) is -1.40. The Hall–Kier alpha value is -1.31. The maximum atomic E-state index is 13.0. The highest BCUT2D eigenvalue weighted by atomic mass is 79.9. The second-order valence-corrected chi connectivity index (χ2v) is 5.86. The van der Waals surface area contributed by atoms with Gasteiger partial charge in [-0.1, -0.05) is 0 Å². The fraction of sp³-hybridized carbons (Fsp3) is 0.538. The average molecular weight is 366 g/mol. The van der Waals surface area contributed by atoms with E-state index in [-0.39, 0.29) is 16.2 Å². The first-order valence-electron chi connectivity index (χ1n) is 6.57. The molecule has 0 aromatic carbocycles. The minimum Gasteiger partial charge on any atom is -0.358 e. The lowest BCUT2D eigenvalue weighted by atomic mass is 10.2. The molecule has 1 atom stereocenters. The van der Waals surface area contributed by atoms with Crippen molar-refractivity contribution in [2.24, 2.45) is 0 Å². The van der Waals surface area contributed by atoms with Crippen LogP contribution < -0.4 is 5.32 Å². The summed E-state index contributed by atoms with van der Waals surface area (Å²) in [5.74, 6) is -0.531. The molecule has 1 aliphatic heterocycles. The van der Waals surface area contributed by atoms with Crippen LogP contribution in [0.25, 0.3) is 0 Å². The molecule has 1 amide bonds. The first-order chi connectivity index (χ1) is 9.79. The molecule has 8 heteroatoms. The van der Waals surface area contributed by atoms with Crippen molar-refractivity contribution in [1.82, 2.24) is 9.88 Å². The first-order valence-corrected chi connectivity index (χ1v) is 7.36. The van der Waals surface area contributed by atoms with E-state index in [9.17, 15) is 18.0 Å². The monoisotopic (exact) mass is 365 g/mol. The minimum atomic E-state index is -4.53. The number of carbonyl (C=O) groups excluding carboxylic acids is 1. The van der Waals surface area contributed by atoms with Gasteiger partial charge < -0.3 is 10.2 Å². The number of nitrogens with one attached hydrogen (secondary N) is 1. The molecular weight excluding hydrogens is 351 g/mol. The van der Waals surface area contributed by atoms with Crippen molar-refractivity contribution < 1.29 is 18.0 Å². The van der Waals surface area contributed by atoms with Gasteiger partial charge in [0, 0.05) is 23.8 Å². The molecule has 1 aromatic heterocycles. The molecular formula is C13H15BrF3N3O. The molecule has 1 unspecified atom stereocenters. The van der Waals surface area contributed by atoms with Crippen LogP contribution in [0.2, 0.25) is 0 Å². The summed E-state index contributed by atoms with van der Waals surface area (Å²) in [7, 11) is 0. The van der Waals surface area contributed by atoms with Crippen molar-refractivity contribution in [2.45, 2.75) is 32.0 Å². The summed E-state index contributed by atoms with van der Waals surface area (Å²) in [6, 6.07) is 0.195. The fourth-order valence-electron chi connectivity index (χ4n) is 2.25. The van der Waals surface area contributed by atoms with Gasteiger partial charge in [-0.15, -0.1) is 0 Å². The summed E-state index contributed by atoms with van der Waals surface area (Å²) >= 11 is 2.97. The highest BCUT2D eigenvalue weighted by Crippen LogP contribution is 2.35. The number of rotatable bonds is 3. The minimum absolute atomic E-state index is 0.203. The topological polar surface area (TPSA) is 45.2 Å². The van der Waals surface area contributed by atoms with E-state index in [1.54, 1.807) is 11.8 Å². The number of alkyl halides is 3. The Kier molecular flexibility index (Phi) is 4.75. The summed E-state index contributed by atoms with van der Waals surface area (Å²) in [5.41, 5.74) is -0.891. The van der Waals surface area contributed by atoms with Gasteiger partial charge in [0.1, 0.15) is 11.9 Å². The molecule has 0 aliphatic carbocycles. The van der Waals surface area contributed by atoms with Crippen molar-refractivity contribution >= 4 is 27.7 Å². The van der Waals surface area contributed by atoms with Crippen molar-refractivity contribution in [3.8, 4) is 0 Å². The maximum Gasteiger partial charge on any atom is 0.419 e. The van der Waals surface area contributed by atoms with Crippen molar-refractivity contribution in [1.29, 1.82) is 0 Å². The van der Waals surface area contributed by atoms with Crippen LogP contribution in [0.5, 0.6) is 0 Å². The van der Waals surface area contributed by atoms with Crippen molar-refractivity contribution in [3.63, 3.8) is 0 Å². The van der Waals surface area contributed by atoms with E-state index in [2.05, 4.69) is 26.2 Å². The molecule has 2 rings (SSSR count). The van der Waals surface area contributed by atoms with Crippen LogP contribution in [0.4, 0.5) is 19.0 Å². The second kappa shape index (κ2) is 6.21. The lowest BCUT2D eigenvalue weighted by Crippen LogP contribution is -2.40. The summed E-state index contributed by atoms with van der Waals surface area (Å²) in [4.78, 5) is 17.5. The van der Waals surface area contributed by atoms with E-state index in [1.165, 1.54) is 6.20 Å². The lowest BCUT2D eigenvalue weighted by molar-refractivity contribution is -0.137. The first kappa shape index (κ1) is 16.1. The van der Waals surface area contributed by atoms with Gasteiger partial charge in [-0.3, -0.25) is 4.79 Å². The van der Waals surface area contributed by atoms with Gasteiger partial charge in [0.15, 0.2) is 0 Å². The largest absolute Gasteiger partial charge is 0.419 e. The van der Waals surface area contributed by atoms with Gasteiger partial charge in [0.25, 0.3) is 0 Å². The third kappa shape index (κ3) is 3.87. The molecule has 4 nitrogen and oxygen atoms in total. The van der Waals surface area contributed by atoms with E-state index in [0.29, 0.717) is 13.1 Å². The van der Waals surface area contributed by atoms with Gasteiger partial charge in [0.2, 0.25) is 5.91 Å². The zero-order chi connectivity index (χ0) is 15.6. The second-order valence-electron chi connectivity index (χ2n) is 4.95. The van der Waals surface area contributed by atoms with Crippen LogP contribution in [0.1, 0.15) is 25.3 Å². The molecule has 1 aromatic rings. The highest BCUT2D eigenvalue weighted by Gasteiger charge is 2.35. The molecule has 0 bridgehead atoms. The number of carbonyl (C=O) groups is 1. The Morgan fingerprint density at radius 2 is 2.05 bits per heavy atom. The Morgan fingerprint density at radius 1 is 1.43 bits per heavy atom. The van der Waals surface area contributed by atoms with Crippen LogP contribution >= 0.6 is 15.9 Å². The van der Waals surface area contributed by atoms with Crippen LogP contribution in [0.3, 0.4) is 0 Å². The van der Waals surface area contributed by atoms with Gasteiger partial charge >= 0.3 is 6.18 Å². The third-order valence-electron chi connectivity index (χ3n) is 3.30. The number of hydrogen-bond donors (Lipinski definition) is 1. The van der Waals surface area contributed by atoms with Crippen LogP contribution in [-0.2, 0) is 11.0 Å². The molecule has 0 saturated carbocycles. The molecule has 21 heavy (non-hydrogen) atoms. The number of pyridine rings is 1. The smallest absolute Gasteiger partial charge is 0.358 e. The van der Waals surface area contributed by atoms with Gasteiger partial charge in [-0.05, 0) is 41.8 Å². The van der Waals surface area contributed by atoms with Crippen LogP contribution in [-0.4, -0.2) is 34.9 Å². The molecule has 1 saturated heterocycles. The zero-order valence-electron chi connectivity index (χ0n) is 11.4. The molecule has 116 valence electrons. The van der Waals surface area contributed by atoms with E-state index in [1.807, 2.05) is 0 Å². The Labute approximate surface area is 128 Å². The molecule has 2 heterocycles. The number of amides is 1. The number of halogens is 4. The fourth-order valence-corrected chi connectivity index (χ4v) is 2.58. The van der Waals surface area contributed by atoms with Gasteiger partial charge in [0.05, 0.1) is 5.56 Å². The molecule has 1 aliphatic rings. The molecule has 1 N–H and O–H groups in total. The lowest BCUT2D eigenvalue weighted by Gasteiger charge is -2.23. The van der Waals surface area contributed by atoms with E-state index in [0.717, 1.165) is 18.9 Å². The predicted molar refractivity (Wildman–Crippen MR) is 75.8 cm³/mol. The van der Waals surface area contributed by atoms with Crippen molar-refractivity contribution in [2.75, 3.05) is 18.4 Å². The number of nitrogens with zero attached hydrogens (tertiary/aromatic N) is 2. The molecule has 0 spiro atoms. The number of anilines is 1. The average Bonchev–Trinajstić information content (AvgIpc) is 2.92. The zero-order valence-corrected chi connectivity index (χ0v) is 13.0. The van der Waals surface area contributed by atoms with Crippen LogP contribution in [0.15, 0.2) is 16.7 Å². The Bertz CT molecular complexity index is 530. The molecule has 0 radical (unpaired) electrons. The number of likely N-dealkylation sites (tertiary alicyclic amines) is 1. The summed E-state index contributed by atoms with van der Waals surface area (Å²) in [5, 5.41) is 2.58. The highest BCUT2D eigenvalue weighted by molar-refractivity contribution is 9.10. The predicted octanol–water partition coefficient (Wildman–Crippen LogP) is 3.29. The third-order valence-corrected chi connectivity index (χ3v) is 3.73. The Morgan fingerprint density at radius 3 is 2.62 bits per heavy atom. The maximum absolute atomic E-state index is 13.0. The number of aromatic nitrogens is 1. The van der Waals surface area contributed by atoms with Crippen molar-refractivity contribution in [3.05, 3.63) is 22.3 Å². The normalized spacial score (nSPS) is 16.9. The van der Waals surface area contributed by atoms with E-state index in [4.69, 9.17) is 0 Å². The Balaban J connectivity index is 2.17. The quantitative estimate of drug-likeness (QED) is 0.893. The van der Waals surface area contributed by atoms with Gasteiger partial charge in [-0.2, -0.15) is 13.2 Å². The standard InChI is InChI=1S/C13H15BrF3N3O/c1-8(12(21)20-4-2-3-5-20)19-11-10(13(15,16)17)6-9(14)7-18-11/h6-8H,2-5H2,1H3,(H,18,19). The SMILES string of the molecule is CC(Nc1ncc(Br)cc1C(F)(F)F)C(=O)N1CCCC1. The molecule has 1 fully saturated rings. The van der Waals surface area contributed by atoms with Crippen LogP contribution in [0, 0.1) is 0 Å². The van der Waals surface area contributed by atoms with Gasteiger partial charge in [-0.25, -0.2) is 4.98 Å². The summed E-state index contributed by atoms with van der Waals surface area (Å²) < 4.78 is 39.2. The van der Waals surface area contributed by atoms with E-state index < -0.39 is 17.8 Å². The van der Waals surface area contributed by atoms with E-state index >= 15 is 0 Å². The number of hydrogen-bond acceptors (Lipinski definition) is 3. The summed E-state index contributed by atoms with van der Waals surface area (Å²) in [6.45, 7) is 2.86.